The Morgan fingerprint density at radius 2 is 2.00 bits per heavy atom. The van der Waals surface area contributed by atoms with Crippen molar-refractivity contribution in [3.05, 3.63) is 0 Å². The van der Waals surface area contributed by atoms with Crippen molar-refractivity contribution in [2.75, 3.05) is 0 Å². The van der Waals surface area contributed by atoms with Crippen LogP contribution < -0.4 is 0 Å². The van der Waals surface area contributed by atoms with Gasteiger partial charge in [0.25, 0.3) is 0 Å². The van der Waals surface area contributed by atoms with E-state index in [-0.39, 0.29) is 16.6 Å². The lowest BCUT2D eigenvalue weighted by molar-refractivity contribution is -0.127. The molecule has 0 N–H and O–H groups in total. The van der Waals surface area contributed by atoms with Crippen molar-refractivity contribution in [3.63, 3.8) is 0 Å². The summed E-state index contributed by atoms with van der Waals surface area (Å²) in [5.41, 5.74) is -0.278. The number of rotatable bonds is 2. The third-order valence-electron chi connectivity index (χ3n) is 2.71. The predicted octanol–water partition coefficient (Wildman–Crippen LogP) is 1.97. The molecule has 0 bridgehead atoms. The van der Waals surface area contributed by atoms with Gasteiger partial charge in [0.15, 0.2) is 0 Å². The minimum Gasteiger partial charge on any atom is -0.303 e. The second kappa shape index (κ2) is 2.68. The van der Waals surface area contributed by atoms with E-state index in [0.717, 1.165) is 12.7 Å². The van der Waals surface area contributed by atoms with Crippen LogP contribution in [-0.4, -0.2) is 12.1 Å². The van der Waals surface area contributed by atoms with Gasteiger partial charge in [-0.3, -0.25) is 4.79 Å². The van der Waals surface area contributed by atoms with E-state index < -0.39 is 0 Å². The minimum atomic E-state index is -0.370. The maximum Gasteiger partial charge on any atom is 0.139 e. The predicted molar refractivity (Wildman–Crippen MR) is 46.8 cm³/mol. The fraction of sp³-hybridized carbons (Fsp3) is 0.800. The van der Waals surface area contributed by atoms with Crippen molar-refractivity contribution < 1.29 is 9.59 Å². The van der Waals surface area contributed by atoms with E-state index in [1.165, 1.54) is 0 Å². The van der Waals surface area contributed by atoms with Crippen LogP contribution in [0.1, 0.15) is 40.0 Å². The van der Waals surface area contributed by atoms with E-state index in [1.54, 1.807) is 0 Å². The first-order valence-corrected chi connectivity index (χ1v) is 4.37. The molecular weight excluding hydrogens is 152 g/mol. The molecule has 0 aliphatic heterocycles. The van der Waals surface area contributed by atoms with Crippen molar-refractivity contribution in [2.45, 2.75) is 40.0 Å². The summed E-state index contributed by atoms with van der Waals surface area (Å²) in [6, 6.07) is 0. The molecule has 1 aliphatic carbocycles. The summed E-state index contributed by atoms with van der Waals surface area (Å²) < 4.78 is 0. The molecule has 2 nitrogen and oxygen atoms in total. The molecule has 0 aromatic carbocycles. The average molecular weight is 168 g/mol. The summed E-state index contributed by atoms with van der Waals surface area (Å²) in [5, 5.41) is 0. The van der Waals surface area contributed by atoms with Crippen LogP contribution in [0.3, 0.4) is 0 Å². The largest absolute Gasteiger partial charge is 0.303 e. The molecular formula is C10H16O2. The monoisotopic (exact) mass is 168 g/mol. The van der Waals surface area contributed by atoms with Gasteiger partial charge < -0.3 is 4.79 Å². The fourth-order valence-electron chi connectivity index (χ4n) is 2.24. The van der Waals surface area contributed by atoms with E-state index in [4.69, 9.17) is 0 Å². The Balaban J connectivity index is 2.81. The number of Topliss-reactive ketones (excluding diaryl/α,β-unsaturated/α-hetero) is 1. The highest BCUT2D eigenvalue weighted by atomic mass is 16.1. The van der Waals surface area contributed by atoms with E-state index >= 15 is 0 Å². The maximum atomic E-state index is 11.5. The van der Waals surface area contributed by atoms with Crippen LogP contribution in [0, 0.1) is 10.8 Å². The van der Waals surface area contributed by atoms with Crippen molar-refractivity contribution in [3.8, 4) is 0 Å². The van der Waals surface area contributed by atoms with Crippen LogP contribution in [0.15, 0.2) is 0 Å². The van der Waals surface area contributed by atoms with Gasteiger partial charge in [-0.2, -0.15) is 0 Å². The van der Waals surface area contributed by atoms with Crippen molar-refractivity contribution in [1.82, 2.24) is 0 Å². The molecule has 1 unspecified atom stereocenters. The fourth-order valence-corrected chi connectivity index (χ4v) is 2.24. The molecule has 1 saturated carbocycles. The number of ketones is 1. The molecule has 0 amide bonds. The van der Waals surface area contributed by atoms with Gasteiger partial charge in [0.2, 0.25) is 0 Å². The Labute approximate surface area is 73.3 Å². The van der Waals surface area contributed by atoms with E-state index in [2.05, 4.69) is 13.8 Å². The summed E-state index contributed by atoms with van der Waals surface area (Å²) in [4.78, 5) is 21.9. The lowest BCUT2D eigenvalue weighted by Gasteiger charge is -2.21. The molecule has 0 radical (unpaired) electrons. The quantitative estimate of drug-likeness (QED) is 0.591. The summed E-state index contributed by atoms with van der Waals surface area (Å²) in [6.45, 7) is 6.07. The van der Waals surface area contributed by atoms with Crippen LogP contribution in [0.5, 0.6) is 0 Å². The Hall–Kier alpha value is -0.660. The second-order valence-electron chi connectivity index (χ2n) is 4.87. The van der Waals surface area contributed by atoms with Gasteiger partial charge in [-0.25, -0.2) is 0 Å². The lowest BCUT2D eigenvalue weighted by atomic mass is 9.81. The molecule has 0 saturated heterocycles. The smallest absolute Gasteiger partial charge is 0.139 e. The van der Waals surface area contributed by atoms with Gasteiger partial charge in [-0.15, -0.1) is 0 Å². The average Bonchev–Trinajstić information content (AvgIpc) is 2.02. The molecule has 0 spiro atoms. The third-order valence-corrected chi connectivity index (χ3v) is 2.71. The van der Waals surface area contributed by atoms with Crippen molar-refractivity contribution in [2.24, 2.45) is 10.8 Å². The highest BCUT2D eigenvalue weighted by molar-refractivity contribution is 5.89. The maximum absolute atomic E-state index is 11.5. The molecule has 12 heavy (non-hydrogen) atoms. The van der Waals surface area contributed by atoms with Crippen molar-refractivity contribution >= 4 is 12.1 Å². The van der Waals surface area contributed by atoms with Crippen LogP contribution in [0.25, 0.3) is 0 Å². The number of aldehydes is 1. The Morgan fingerprint density at radius 1 is 1.42 bits per heavy atom. The first kappa shape index (κ1) is 9.43. The molecule has 68 valence electrons. The van der Waals surface area contributed by atoms with Gasteiger partial charge >= 0.3 is 0 Å². The number of hydrogen-bond donors (Lipinski definition) is 0. The molecule has 0 aromatic heterocycles. The summed E-state index contributed by atoms with van der Waals surface area (Å²) in [7, 11) is 0. The van der Waals surface area contributed by atoms with Crippen LogP contribution in [0.4, 0.5) is 0 Å². The van der Waals surface area contributed by atoms with E-state index in [1.807, 2.05) is 6.92 Å². The van der Waals surface area contributed by atoms with Gasteiger partial charge in [-0.05, 0) is 11.8 Å². The van der Waals surface area contributed by atoms with E-state index in [9.17, 15) is 9.59 Å². The van der Waals surface area contributed by atoms with Gasteiger partial charge in [0, 0.05) is 18.3 Å². The van der Waals surface area contributed by atoms with Crippen LogP contribution in [0.2, 0.25) is 0 Å². The molecule has 0 aromatic rings. The number of hydrogen-bond acceptors (Lipinski definition) is 2. The minimum absolute atomic E-state index is 0.0921. The SMILES string of the molecule is CC1(C)CC(=O)C(C)(CC=O)C1. The topological polar surface area (TPSA) is 34.1 Å². The number of carbonyl (C=O) groups is 2. The lowest BCUT2D eigenvalue weighted by Crippen LogP contribution is -2.22. The van der Waals surface area contributed by atoms with Gasteiger partial charge in [0.05, 0.1) is 0 Å². The molecule has 0 heterocycles. The molecule has 2 heteroatoms. The zero-order valence-corrected chi connectivity index (χ0v) is 8.02. The van der Waals surface area contributed by atoms with Crippen LogP contribution >= 0.6 is 0 Å². The molecule has 1 rings (SSSR count). The Kier molecular flexibility index (Phi) is 2.11. The molecule has 1 fully saturated rings. The molecule has 1 aliphatic rings. The summed E-state index contributed by atoms with van der Waals surface area (Å²) in [6.07, 6.45) is 2.71. The number of carbonyl (C=O) groups excluding carboxylic acids is 2. The second-order valence-corrected chi connectivity index (χ2v) is 4.87. The zero-order valence-electron chi connectivity index (χ0n) is 8.02. The normalized spacial score (nSPS) is 33.8. The third kappa shape index (κ3) is 1.57. The first-order chi connectivity index (χ1) is 5.40. The van der Waals surface area contributed by atoms with Gasteiger partial charge in [-0.1, -0.05) is 20.8 Å². The highest BCUT2D eigenvalue weighted by Crippen LogP contribution is 2.47. The standard InChI is InChI=1S/C10H16O2/c1-9(2)6-8(12)10(3,7-9)4-5-11/h5H,4,6-7H2,1-3H3. The van der Waals surface area contributed by atoms with Crippen molar-refractivity contribution in [1.29, 1.82) is 0 Å². The van der Waals surface area contributed by atoms with Gasteiger partial charge in [0.1, 0.15) is 12.1 Å². The van der Waals surface area contributed by atoms with E-state index in [0.29, 0.717) is 12.8 Å². The summed E-state index contributed by atoms with van der Waals surface area (Å²) in [5.74, 6) is 0.250. The Morgan fingerprint density at radius 3 is 2.33 bits per heavy atom. The van der Waals surface area contributed by atoms with Crippen LogP contribution in [-0.2, 0) is 9.59 Å². The first-order valence-electron chi connectivity index (χ1n) is 4.37. The summed E-state index contributed by atoms with van der Waals surface area (Å²) >= 11 is 0. The Bertz CT molecular complexity index is 218. The zero-order chi connectivity index (χ0) is 9.41. The molecule has 1 atom stereocenters. The highest BCUT2D eigenvalue weighted by Gasteiger charge is 2.46.